The number of piperidine rings is 1. The second kappa shape index (κ2) is 7.94. The summed E-state index contributed by atoms with van der Waals surface area (Å²) in [6.07, 6.45) is 5.10. The number of fused-ring (bicyclic) bond motifs is 1. The van der Waals surface area contributed by atoms with Gasteiger partial charge in [0.1, 0.15) is 5.69 Å². The first-order chi connectivity index (χ1) is 15.1. The Labute approximate surface area is 179 Å². The van der Waals surface area contributed by atoms with Crippen molar-refractivity contribution >= 4 is 16.8 Å². The molecule has 158 valence electrons. The maximum Gasteiger partial charge on any atom is 0.272 e. The molecule has 0 N–H and O–H groups in total. The van der Waals surface area contributed by atoms with Crippen molar-refractivity contribution in [2.45, 2.75) is 38.6 Å². The van der Waals surface area contributed by atoms with Crippen molar-refractivity contribution in [3.05, 3.63) is 60.4 Å². The Morgan fingerprint density at radius 1 is 1.16 bits per heavy atom. The summed E-state index contributed by atoms with van der Waals surface area (Å²) < 4.78 is 7.61. The van der Waals surface area contributed by atoms with E-state index in [1.165, 1.54) is 0 Å². The molecule has 3 aromatic heterocycles. The average molecular weight is 416 g/mol. The Morgan fingerprint density at radius 2 is 2.00 bits per heavy atom. The zero-order valence-corrected chi connectivity index (χ0v) is 17.6. The molecule has 0 radical (unpaired) electrons. The van der Waals surface area contributed by atoms with Gasteiger partial charge in [-0.25, -0.2) is 0 Å². The summed E-state index contributed by atoms with van der Waals surface area (Å²) in [5.41, 5.74) is 2.45. The lowest BCUT2D eigenvalue weighted by Gasteiger charge is -2.30. The number of rotatable bonds is 4. The highest BCUT2D eigenvalue weighted by Gasteiger charge is 2.28. The maximum atomic E-state index is 12.6. The highest BCUT2D eigenvalue weighted by atomic mass is 16.5. The van der Waals surface area contributed by atoms with E-state index in [1.54, 1.807) is 12.3 Å². The van der Waals surface area contributed by atoms with Crippen LogP contribution in [0.15, 0.2) is 53.3 Å². The highest BCUT2D eigenvalue weighted by Crippen LogP contribution is 2.30. The van der Waals surface area contributed by atoms with Crippen LogP contribution in [0, 0.1) is 0 Å². The Kier molecular flexibility index (Phi) is 4.97. The van der Waals surface area contributed by atoms with E-state index in [-0.39, 0.29) is 17.9 Å². The summed E-state index contributed by atoms with van der Waals surface area (Å²) in [6.45, 7) is 5.52. The van der Waals surface area contributed by atoms with E-state index in [2.05, 4.69) is 40.1 Å². The quantitative estimate of drug-likeness (QED) is 0.498. The van der Waals surface area contributed by atoms with Crippen molar-refractivity contribution in [2.24, 2.45) is 0 Å². The lowest BCUT2D eigenvalue weighted by Crippen LogP contribution is -2.38. The monoisotopic (exact) mass is 416 g/mol. The molecule has 1 aliphatic rings. The normalized spacial score (nSPS) is 15.1. The Morgan fingerprint density at radius 3 is 2.74 bits per heavy atom. The molecule has 1 saturated heterocycles. The van der Waals surface area contributed by atoms with Crippen LogP contribution in [0.1, 0.15) is 55.0 Å². The van der Waals surface area contributed by atoms with Gasteiger partial charge in [0, 0.05) is 42.2 Å². The number of aromatic nitrogens is 5. The zero-order valence-electron chi connectivity index (χ0n) is 17.6. The molecule has 0 saturated carbocycles. The van der Waals surface area contributed by atoms with Crippen molar-refractivity contribution in [3.8, 4) is 11.4 Å². The van der Waals surface area contributed by atoms with E-state index < -0.39 is 0 Å². The second-order valence-electron chi connectivity index (χ2n) is 8.19. The van der Waals surface area contributed by atoms with Gasteiger partial charge in [0.05, 0.1) is 11.7 Å². The van der Waals surface area contributed by atoms with Gasteiger partial charge >= 0.3 is 0 Å². The number of carbonyl (C=O) groups excluding carboxylic acids is 1. The molecule has 5 rings (SSSR count). The third-order valence-electron chi connectivity index (χ3n) is 5.80. The van der Waals surface area contributed by atoms with Crippen LogP contribution in [-0.2, 0) is 0 Å². The molecular weight excluding hydrogens is 392 g/mol. The SMILES string of the molecule is CC(C)n1ncc2ccc(-c3noc(C4CCN(C(=O)c5ccccn5)CC4)n3)cc21. The largest absolute Gasteiger partial charge is 0.339 e. The maximum absolute atomic E-state index is 12.6. The molecule has 0 unspecified atom stereocenters. The van der Waals surface area contributed by atoms with Crippen LogP contribution in [0.25, 0.3) is 22.3 Å². The van der Waals surface area contributed by atoms with E-state index in [0.717, 1.165) is 29.3 Å². The van der Waals surface area contributed by atoms with Crippen LogP contribution in [-0.4, -0.2) is 48.8 Å². The highest BCUT2D eigenvalue weighted by molar-refractivity contribution is 5.92. The van der Waals surface area contributed by atoms with Crippen molar-refractivity contribution < 1.29 is 9.32 Å². The molecule has 1 amide bonds. The number of hydrogen-bond donors (Lipinski definition) is 0. The van der Waals surface area contributed by atoms with Crippen molar-refractivity contribution in [3.63, 3.8) is 0 Å². The molecular formula is C23H24N6O2. The van der Waals surface area contributed by atoms with Crippen molar-refractivity contribution in [2.75, 3.05) is 13.1 Å². The minimum absolute atomic E-state index is 0.0275. The molecule has 8 heteroatoms. The van der Waals surface area contributed by atoms with E-state index >= 15 is 0 Å². The molecule has 4 aromatic rings. The number of amides is 1. The van der Waals surface area contributed by atoms with Gasteiger partial charge in [0.15, 0.2) is 0 Å². The van der Waals surface area contributed by atoms with Crippen molar-refractivity contribution in [1.29, 1.82) is 0 Å². The molecule has 4 heterocycles. The van der Waals surface area contributed by atoms with E-state index in [4.69, 9.17) is 4.52 Å². The van der Waals surface area contributed by atoms with Gasteiger partial charge in [-0.3, -0.25) is 14.5 Å². The van der Waals surface area contributed by atoms with Gasteiger partial charge in [-0.2, -0.15) is 10.1 Å². The van der Waals surface area contributed by atoms with Crippen LogP contribution in [0.2, 0.25) is 0 Å². The third kappa shape index (κ3) is 3.69. The summed E-state index contributed by atoms with van der Waals surface area (Å²) in [6, 6.07) is 11.8. The first-order valence-corrected chi connectivity index (χ1v) is 10.6. The fourth-order valence-electron chi connectivity index (χ4n) is 4.09. The van der Waals surface area contributed by atoms with Gasteiger partial charge in [-0.15, -0.1) is 0 Å². The van der Waals surface area contributed by atoms with Crippen LogP contribution in [0.4, 0.5) is 0 Å². The molecule has 31 heavy (non-hydrogen) atoms. The molecule has 0 bridgehead atoms. The predicted octanol–water partition coefficient (Wildman–Crippen LogP) is 4.08. The Hall–Kier alpha value is -3.55. The molecule has 0 aliphatic carbocycles. The molecule has 1 aromatic carbocycles. The number of nitrogens with zero attached hydrogens (tertiary/aromatic N) is 6. The topological polar surface area (TPSA) is 89.9 Å². The van der Waals surface area contributed by atoms with Gasteiger partial charge in [-0.05, 0) is 44.9 Å². The Balaban J connectivity index is 1.30. The summed E-state index contributed by atoms with van der Waals surface area (Å²) in [4.78, 5) is 23.3. The number of pyridine rings is 1. The average Bonchev–Trinajstić information content (AvgIpc) is 3.46. The van der Waals surface area contributed by atoms with Crippen LogP contribution < -0.4 is 0 Å². The third-order valence-corrected chi connectivity index (χ3v) is 5.80. The van der Waals surface area contributed by atoms with Gasteiger partial charge in [0.2, 0.25) is 11.7 Å². The smallest absolute Gasteiger partial charge is 0.272 e. The number of carbonyl (C=O) groups is 1. The van der Waals surface area contributed by atoms with Crippen molar-refractivity contribution in [1.82, 2.24) is 29.8 Å². The lowest BCUT2D eigenvalue weighted by molar-refractivity contribution is 0.0698. The van der Waals surface area contributed by atoms with Crippen LogP contribution in [0.5, 0.6) is 0 Å². The number of likely N-dealkylation sites (tertiary alicyclic amines) is 1. The van der Waals surface area contributed by atoms with E-state index in [0.29, 0.717) is 30.5 Å². The lowest BCUT2D eigenvalue weighted by atomic mass is 9.96. The van der Waals surface area contributed by atoms with E-state index in [9.17, 15) is 4.79 Å². The number of benzene rings is 1. The molecule has 1 aliphatic heterocycles. The zero-order chi connectivity index (χ0) is 21.4. The summed E-state index contributed by atoms with van der Waals surface area (Å²) in [7, 11) is 0. The fraction of sp³-hybridized carbons (Fsp3) is 0.348. The summed E-state index contributed by atoms with van der Waals surface area (Å²) in [5, 5.41) is 9.78. The second-order valence-corrected chi connectivity index (χ2v) is 8.19. The predicted molar refractivity (Wildman–Crippen MR) is 116 cm³/mol. The first kappa shape index (κ1) is 19.4. The molecule has 0 atom stereocenters. The van der Waals surface area contributed by atoms with E-state index in [1.807, 2.05) is 40.0 Å². The fourth-order valence-corrected chi connectivity index (χ4v) is 4.09. The van der Waals surface area contributed by atoms with Gasteiger partial charge in [-0.1, -0.05) is 23.4 Å². The number of hydrogen-bond acceptors (Lipinski definition) is 6. The molecule has 8 nitrogen and oxygen atoms in total. The molecule has 0 spiro atoms. The summed E-state index contributed by atoms with van der Waals surface area (Å²) in [5.74, 6) is 1.34. The van der Waals surface area contributed by atoms with Crippen LogP contribution >= 0.6 is 0 Å². The standard InChI is InChI=1S/C23H24N6O2/c1-15(2)29-20-13-17(6-7-18(20)14-25-29)21-26-22(31-27-21)16-8-11-28(12-9-16)23(30)19-5-3-4-10-24-19/h3-7,10,13-16H,8-9,11-12H2,1-2H3. The minimum atomic E-state index is -0.0275. The summed E-state index contributed by atoms with van der Waals surface area (Å²) >= 11 is 0. The minimum Gasteiger partial charge on any atom is -0.339 e. The molecule has 1 fully saturated rings. The Bertz CT molecular complexity index is 1210. The van der Waals surface area contributed by atoms with Gasteiger partial charge in [0.25, 0.3) is 5.91 Å². The van der Waals surface area contributed by atoms with Crippen LogP contribution in [0.3, 0.4) is 0 Å². The first-order valence-electron chi connectivity index (χ1n) is 10.6. The van der Waals surface area contributed by atoms with Gasteiger partial charge < -0.3 is 9.42 Å².